The Morgan fingerprint density at radius 3 is 2.47 bits per heavy atom. The highest BCUT2D eigenvalue weighted by molar-refractivity contribution is 5.91. The summed E-state index contributed by atoms with van der Waals surface area (Å²) in [4.78, 5) is 2.95. The van der Waals surface area contributed by atoms with Crippen LogP contribution in [0.15, 0.2) is 61.3 Å². The third-order valence-electron chi connectivity index (χ3n) is 5.68. The van der Waals surface area contributed by atoms with Gasteiger partial charge in [-0.3, -0.25) is 0 Å². The van der Waals surface area contributed by atoms with Gasteiger partial charge in [-0.05, 0) is 55.9 Å². The molecule has 0 aliphatic carbocycles. The summed E-state index contributed by atoms with van der Waals surface area (Å²) in [6, 6.07) is 7.50. The molecule has 0 aliphatic rings. The molecular formula is C25H28F3N3O. The van der Waals surface area contributed by atoms with Crippen molar-refractivity contribution < 1.29 is 18.3 Å². The summed E-state index contributed by atoms with van der Waals surface area (Å²) < 4.78 is 42.0. The van der Waals surface area contributed by atoms with Gasteiger partial charge in [0, 0.05) is 34.7 Å². The third kappa shape index (κ3) is 4.89. The van der Waals surface area contributed by atoms with Crippen LogP contribution in [0, 0.1) is 23.4 Å². The summed E-state index contributed by atoms with van der Waals surface area (Å²) in [6.07, 6.45) is 1.40. The van der Waals surface area contributed by atoms with Crippen molar-refractivity contribution in [1.29, 1.82) is 0 Å². The minimum atomic E-state index is -1.14. The molecule has 0 radical (unpaired) electrons. The number of aromatic nitrogens is 1. The molecule has 3 unspecified atom stereocenters. The van der Waals surface area contributed by atoms with Crippen molar-refractivity contribution in [2.24, 2.45) is 5.92 Å². The lowest BCUT2D eigenvalue weighted by molar-refractivity contribution is 0.132. The van der Waals surface area contributed by atoms with Crippen molar-refractivity contribution >= 4 is 10.9 Å². The number of H-pyrrole nitrogens is 1. The molecular weight excluding hydrogens is 415 g/mol. The van der Waals surface area contributed by atoms with Gasteiger partial charge in [0.15, 0.2) is 0 Å². The fraction of sp³-hybridized carbons (Fsp3) is 0.280. The number of aromatic amines is 1. The van der Waals surface area contributed by atoms with Crippen LogP contribution in [-0.4, -0.2) is 29.7 Å². The van der Waals surface area contributed by atoms with Crippen LogP contribution in [0.25, 0.3) is 22.2 Å². The SMILES string of the molecule is C=CC(CCNC)NC(=C)C(C)C(O)c1c(-c2ccc(F)cc2)[nH]c2c(F)cc(F)cc12. The Labute approximate surface area is 185 Å². The maximum absolute atomic E-state index is 14.5. The Kier molecular flexibility index (Phi) is 7.43. The molecule has 4 nitrogen and oxygen atoms in total. The largest absolute Gasteiger partial charge is 0.388 e. The molecule has 3 aromatic rings. The molecule has 1 aromatic heterocycles. The monoisotopic (exact) mass is 443 g/mol. The summed E-state index contributed by atoms with van der Waals surface area (Å²) >= 11 is 0. The maximum atomic E-state index is 14.5. The second kappa shape index (κ2) is 10.1. The molecule has 1 heterocycles. The molecule has 0 spiro atoms. The van der Waals surface area contributed by atoms with Gasteiger partial charge in [0.1, 0.15) is 17.5 Å². The van der Waals surface area contributed by atoms with Gasteiger partial charge in [-0.2, -0.15) is 0 Å². The lowest BCUT2D eigenvalue weighted by atomic mass is 9.90. The number of aliphatic hydroxyl groups excluding tert-OH is 1. The molecule has 32 heavy (non-hydrogen) atoms. The van der Waals surface area contributed by atoms with Crippen molar-refractivity contribution in [3.8, 4) is 11.3 Å². The first-order valence-electron chi connectivity index (χ1n) is 10.4. The van der Waals surface area contributed by atoms with E-state index in [0.717, 1.165) is 19.0 Å². The molecule has 2 aromatic carbocycles. The number of hydrogen-bond donors (Lipinski definition) is 4. The number of hydrogen-bond acceptors (Lipinski definition) is 3. The van der Waals surface area contributed by atoms with Gasteiger partial charge < -0.3 is 20.7 Å². The summed E-state index contributed by atoms with van der Waals surface area (Å²) in [7, 11) is 1.85. The quantitative estimate of drug-likeness (QED) is 0.326. The van der Waals surface area contributed by atoms with Crippen LogP contribution in [0.2, 0.25) is 0 Å². The topological polar surface area (TPSA) is 60.1 Å². The van der Waals surface area contributed by atoms with Crippen molar-refractivity contribution in [1.82, 2.24) is 15.6 Å². The third-order valence-corrected chi connectivity index (χ3v) is 5.68. The van der Waals surface area contributed by atoms with Gasteiger partial charge in [0.25, 0.3) is 0 Å². The minimum Gasteiger partial charge on any atom is -0.388 e. The van der Waals surface area contributed by atoms with Crippen LogP contribution >= 0.6 is 0 Å². The first-order chi connectivity index (χ1) is 15.3. The number of aliphatic hydroxyl groups is 1. The average Bonchev–Trinajstić information content (AvgIpc) is 3.15. The molecule has 0 aliphatic heterocycles. The Bertz CT molecular complexity index is 1110. The van der Waals surface area contributed by atoms with Gasteiger partial charge in [0.05, 0.1) is 17.3 Å². The summed E-state index contributed by atoms with van der Waals surface area (Å²) in [5.74, 6) is -2.45. The van der Waals surface area contributed by atoms with E-state index in [-0.39, 0.29) is 16.9 Å². The number of benzene rings is 2. The Balaban J connectivity index is 2.03. The molecule has 0 saturated carbocycles. The standard InChI is InChI=1S/C25H28F3N3O/c1-5-19(10-11-29-4)30-15(3)14(2)25(32)22-20-12-18(27)13-21(28)24(20)31-23(22)16-6-8-17(26)9-7-16/h5-9,12-14,19,25,29-32H,1,3,10-11H2,2,4H3. The fourth-order valence-corrected chi connectivity index (χ4v) is 3.75. The zero-order chi connectivity index (χ0) is 23.4. The van der Waals surface area contributed by atoms with E-state index in [1.54, 1.807) is 13.0 Å². The van der Waals surface area contributed by atoms with E-state index < -0.39 is 29.5 Å². The van der Waals surface area contributed by atoms with E-state index in [0.29, 0.717) is 22.5 Å². The molecule has 0 fully saturated rings. The second-order valence-corrected chi connectivity index (χ2v) is 7.87. The fourth-order valence-electron chi connectivity index (χ4n) is 3.75. The summed E-state index contributed by atoms with van der Waals surface area (Å²) in [5.41, 5.74) is 1.90. The lowest BCUT2D eigenvalue weighted by Gasteiger charge is -2.26. The molecule has 3 rings (SSSR count). The van der Waals surface area contributed by atoms with Crippen LogP contribution < -0.4 is 10.6 Å². The number of halogens is 3. The van der Waals surface area contributed by atoms with Gasteiger partial charge in [-0.25, -0.2) is 13.2 Å². The van der Waals surface area contributed by atoms with E-state index in [1.807, 2.05) is 7.05 Å². The van der Waals surface area contributed by atoms with Crippen LogP contribution in [0.5, 0.6) is 0 Å². The molecule has 0 bridgehead atoms. The van der Waals surface area contributed by atoms with Gasteiger partial charge in [-0.1, -0.05) is 19.6 Å². The number of nitrogens with one attached hydrogen (secondary N) is 3. The Morgan fingerprint density at radius 2 is 1.84 bits per heavy atom. The second-order valence-electron chi connectivity index (χ2n) is 7.87. The summed E-state index contributed by atoms with van der Waals surface area (Å²) in [5, 5.41) is 17.9. The van der Waals surface area contributed by atoms with E-state index >= 15 is 0 Å². The van der Waals surface area contributed by atoms with E-state index in [9.17, 15) is 18.3 Å². The Hall–Kier alpha value is -3.03. The first-order valence-corrected chi connectivity index (χ1v) is 10.4. The van der Waals surface area contributed by atoms with Crippen molar-refractivity contribution in [2.75, 3.05) is 13.6 Å². The average molecular weight is 444 g/mol. The normalized spacial score (nSPS) is 14.2. The van der Waals surface area contributed by atoms with Crippen molar-refractivity contribution in [3.05, 3.63) is 84.3 Å². The molecule has 7 heteroatoms. The number of fused-ring (bicyclic) bond motifs is 1. The minimum absolute atomic E-state index is 0.0565. The summed E-state index contributed by atoms with van der Waals surface area (Å²) in [6.45, 7) is 10.4. The number of rotatable bonds is 10. The smallest absolute Gasteiger partial charge is 0.150 e. The molecule has 4 N–H and O–H groups in total. The highest BCUT2D eigenvalue weighted by atomic mass is 19.1. The van der Waals surface area contributed by atoms with Gasteiger partial charge in [0.2, 0.25) is 0 Å². The maximum Gasteiger partial charge on any atom is 0.150 e. The Morgan fingerprint density at radius 1 is 1.16 bits per heavy atom. The first kappa shape index (κ1) is 23.6. The van der Waals surface area contributed by atoms with E-state index in [4.69, 9.17) is 0 Å². The molecule has 3 atom stereocenters. The molecule has 170 valence electrons. The predicted molar refractivity (Wildman–Crippen MR) is 123 cm³/mol. The zero-order valence-corrected chi connectivity index (χ0v) is 18.2. The molecule has 0 saturated heterocycles. The molecule has 0 amide bonds. The van der Waals surface area contributed by atoms with Crippen molar-refractivity contribution in [2.45, 2.75) is 25.5 Å². The van der Waals surface area contributed by atoms with E-state index in [1.165, 1.54) is 30.3 Å². The predicted octanol–water partition coefficient (Wildman–Crippen LogP) is 5.19. The highest BCUT2D eigenvalue weighted by Gasteiger charge is 2.28. The van der Waals surface area contributed by atoms with Gasteiger partial charge in [-0.15, -0.1) is 6.58 Å². The van der Waals surface area contributed by atoms with Crippen LogP contribution in [0.1, 0.15) is 25.0 Å². The highest BCUT2D eigenvalue weighted by Crippen LogP contribution is 2.40. The van der Waals surface area contributed by atoms with Crippen LogP contribution in [0.4, 0.5) is 13.2 Å². The van der Waals surface area contributed by atoms with Gasteiger partial charge >= 0.3 is 0 Å². The van der Waals surface area contributed by atoms with Crippen LogP contribution in [-0.2, 0) is 0 Å². The van der Waals surface area contributed by atoms with Crippen LogP contribution in [0.3, 0.4) is 0 Å². The van der Waals surface area contributed by atoms with E-state index in [2.05, 4.69) is 28.8 Å². The lowest BCUT2D eigenvalue weighted by Crippen LogP contribution is -2.32. The zero-order valence-electron chi connectivity index (χ0n) is 18.2. The van der Waals surface area contributed by atoms with Crippen molar-refractivity contribution in [3.63, 3.8) is 0 Å².